The zero-order valence-electron chi connectivity index (χ0n) is 7.91. The van der Waals surface area contributed by atoms with Gasteiger partial charge in [-0.2, -0.15) is 0 Å². The van der Waals surface area contributed by atoms with Crippen LogP contribution in [-0.2, 0) is 4.74 Å². The molecule has 1 saturated heterocycles. The molecule has 0 bridgehead atoms. The summed E-state index contributed by atoms with van der Waals surface area (Å²) in [6.07, 6.45) is 3.54. The topological polar surface area (TPSA) is 69.9 Å². The molecular weight excluding hydrogens is 184 g/mol. The number of ether oxygens (including phenoxy) is 1. The molecule has 2 fully saturated rings. The maximum absolute atomic E-state index is 9.71. The Labute approximate surface area is 82.8 Å². The van der Waals surface area contributed by atoms with Gasteiger partial charge in [-0.15, -0.1) is 0 Å². The zero-order chi connectivity index (χ0) is 10.1. The van der Waals surface area contributed by atoms with Crippen LogP contribution in [0.2, 0.25) is 0 Å². The Balaban J connectivity index is 2.04. The Hall–Kier alpha value is -0.420. The molecule has 5 unspecified atom stereocenters. The zero-order valence-corrected chi connectivity index (χ0v) is 7.91. The predicted octanol–water partition coefficient (Wildman–Crippen LogP) is -0.361. The maximum atomic E-state index is 9.71. The minimum Gasteiger partial charge on any atom is -0.392 e. The average Bonchev–Trinajstić information content (AvgIpc) is 2.58. The third-order valence-corrected chi connectivity index (χ3v) is 3.16. The lowest BCUT2D eigenvalue weighted by Crippen LogP contribution is -2.18. The van der Waals surface area contributed by atoms with Gasteiger partial charge in [-0.3, -0.25) is 0 Å². The summed E-state index contributed by atoms with van der Waals surface area (Å²) in [5, 5.41) is 27.7. The largest absolute Gasteiger partial charge is 0.392 e. The van der Waals surface area contributed by atoms with E-state index in [1.807, 2.05) is 6.08 Å². The molecule has 0 aromatic carbocycles. The van der Waals surface area contributed by atoms with Gasteiger partial charge in [0.2, 0.25) is 0 Å². The van der Waals surface area contributed by atoms with Gasteiger partial charge >= 0.3 is 0 Å². The molecule has 14 heavy (non-hydrogen) atoms. The van der Waals surface area contributed by atoms with E-state index in [9.17, 15) is 10.2 Å². The summed E-state index contributed by atoms with van der Waals surface area (Å²) in [5.41, 5.74) is 0. The van der Waals surface area contributed by atoms with E-state index in [1.54, 1.807) is 6.08 Å². The van der Waals surface area contributed by atoms with Crippen LogP contribution in [0.25, 0.3) is 0 Å². The highest BCUT2D eigenvalue weighted by Crippen LogP contribution is 2.43. The van der Waals surface area contributed by atoms with Crippen molar-refractivity contribution in [3.63, 3.8) is 0 Å². The van der Waals surface area contributed by atoms with E-state index in [4.69, 9.17) is 9.84 Å². The van der Waals surface area contributed by atoms with Crippen LogP contribution >= 0.6 is 0 Å². The SMILES string of the molecule is OC/C=C/C1C(O)CC2OC(O)CC21. The highest BCUT2D eigenvalue weighted by molar-refractivity contribution is 5.04. The molecule has 4 heteroatoms. The Bertz CT molecular complexity index is 228. The van der Waals surface area contributed by atoms with Crippen molar-refractivity contribution in [2.24, 2.45) is 11.8 Å². The molecule has 0 amide bonds. The summed E-state index contributed by atoms with van der Waals surface area (Å²) >= 11 is 0. The van der Waals surface area contributed by atoms with Crippen molar-refractivity contribution in [2.75, 3.05) is 6.61 Å². The summed E-state index contributed by atoms with van der Waals surface area (Å²) in [6, 6.07) is 0. The Morgan fingerprint density at radius 3 is 2.79 bits per heavy atom. The molecule has 1 aliphatic carbocycles. The van der Waals surface area contributed by atoms with Gasteiger partial charge < -0.3 is 20.1 Å². The van der Waals surface area contributed by atoms with Crippen LogP contribution < -0.4 is 0 Å². The normalized spacial score (nSPS) is 47.5. The third-order valence-electron chi connectivity index (χ3n) is 3.16. The molecule has 1 saturated carbocycles. The van der Waals surface area contributed by atoms with E-state index in [-0.39, 0.29) is 24.5 Å². The molecule has 1 aliphatic heterocycles. The minimum absolute atomic E-state index is 0.00990. The fraction of sp³-hybridized carbons (Fsp3) is 0.800. The van der Waals surface area contributed by atoms with Crippen LogP contribution in [0.3, 0.4) is 0 Å². The highest BCUT2D eigenvalue weighted by atomic mass is 16.6. The quantitative estimate of drug-likeness (QED) is 0.532. The van der Waals surface area contributed by atoms with Gasteiger partial charge in [-0.25, -0.2) is 0 Å². The molecule has 0 spiro atoms. The van der Waals surface area contributed by atoms with Crippen LogP contribution in [0, 0.1) is 11.8 Å². The first kappa shape index (κ1) is 10.1. The fourth-order valence-corrected chi connectivity index (χ4v) is 2.55. The average molecular weight is 200 g/mol. The predicted molar refractivity (Wildman–Crippen MR) is 49.3 cm³/mol. The second-order valence-corrected chi connectivity index (χ2v) is 4.02. The van der Waals surface area contributed by atoms with Crippen molar-refractivity contribution in [2.45, 2.75) is 31.3 Å². The van der Waals surface area contributed by atoms with Crippen molar-refractivity contribution in [1.82, 2.24) is 0 Å². The Morgan fingerprint density at radius 1 is 1.29 bits per heavy atom. The number of hydrogen-bond donors (Lipinski definition) is 3. The van der Waals surface area contributed by atoms with Gasteiger partial charge in [-0.1, -0.05) is 12.2 Å². The molecule has 4 nitrogen and oxygen atoms in total. The van der Waals surface area contributed by atoms with Crippen molar-refractivity contribution < 1.29 is 20.1 Å². The van der Waals surface area contributed by atoms with E-state index in [0.29, 0.717) is 12.8 Å². The lowest BCUT2D eigenvalue weighted by molar-refractivity contribution is -0.0949. The second kappa shape index (κ2) is 3.98. The first-order valence-electron chi connectivity index (χ1n) is 5.01. The van der Waals surface area contributed by atoms with Crippen LogP contribution in [0.5, 0.6) is 0 Å². The molecule has 1 heterocycles. The van der Waals surface area contributed by atoms with Crippen molar-refractivity contribution in [1.29, 1.82) is 0 Å². The smallest absolute Gasteiger partial charge is 0.155 e. The summed E-state index contributed by atoms with van der Waals surface area (Å²) in [7, 11) is 0. The molecule has 3 N–H and O–H groups in total. The lowest BCUT2D eigenvalue weighted by Gasteiger charge is -2.15. The van der Waals surface area contributed by atoms with E-state index < -0.39 is 12.4 Å². The summed E-state index contributed by atoms with van der Waals surface area (Å²) in [4.78, 5) is 0. The van der Waals surface area contributed by atoms with Crippen molar-refractivity contribution >= 4 is 0 Å². The first-order chi connectivity index (χ1) is 6.72. The number of fused-ring (bicyclic) bond motifs is 1. The Kier molecular flexibility index (Phi) is 2.88. The molecule has 2 aliphatic rings. The number of rotatable bonds is 2. The molecule has 0 radical (unpaired) electrons. The van der Waals surface area contributed by atoms with E-state index in [0.717, 1.165) is 0 Å². The Morgan fingerprint density at radius 2 is 2.07 bits per heavy atom. The van der Waals surface area contributed by atoms with Crippen LogP contribution in [0.1, 0.15) is 12.8 Å². The van der Waals surface area contributed by atoms with Gasteiger partial charge in [0, 0.05) is 18.8 Å². The minimum atomic E-state index is -0.678. The van der Waals surface area contributed by atoms with Gasteiger partial charge in [0.25, 0.3) is 0 Å². The molecular formula is C10H16O4. The summed E-state index contributed by atoms with van der Waals surface area (Å²) in [5.74, 6) is 0.215. The van der Waals surface area contributed by atoms with Gasteiger partial charge in [0.1, 0.15) is 0 Å². The third kappa shape index (κ3) is 1.70. The summed E-state index contributed by atoms with van der Waals surface area (Å²) in [6.45, 7) is -0.00990. The van der Waals surface area contributed by atoms with Crippen LogP contribution in [-0.4, -0.2) is 40.4 Å². The molecule has 0 aromatic rings. The summed E-state index contributed by atoms with van der Waals surface area (Å²) < 4.78 is 5.26. The number of aliphatic hydroxyl groups is 3. The van der Waals surface area contributed by atoms with Crippen LogP contribution in [0.4, 0.5) is 0 Å². The second-order valence-electron chi connectivity index (χ2n) is 4.02. The highest BCUT2D eigenvalue weighted by Gasteiger charge is 2.47. The van der Waals surface area contributed by atoms with Gasteiger partial charge in [0.15, 0.2) is 6.29 Å². The van der Waals surface area contributed by atoms with Crippen molar-refractivity contribution in [3.8, 4) is 0 Å². The number of aliphatic hydroxyl groups excluding tert-OH is 3. The first-order valence-corrected chi connectivity index (χ1v) is 5.01. The van der Waals surface area contributed by atoms with Gasteiger partial charge in [0.05, 0.1) is 18.8 Å². The monoisotopic (exact) mass is 200 g/mol. The fourth-order valence-electron chi connectivity index (χ4n) is 2.55. The maximum Gasteiger partial charge on any atom is 0.155 e. The molecule has 0 aromatic heterocycles. The molecule has 80 valence electrons. The van der Waals surface area contributed by atoms with Crippen LogP contribution in [0.15, 0.2) is 12.2 Å². The lowest BCUT2D eigenvalue weighted by atomic mass is 9.92. The molecule has 2 rings (SSSR count). The standard InChI is InChI=1S/C10H16O4/c11-3-1-2-6-7-4-10(13)14-9(7)5-8(6)12/h1-2,6-13H,3-5H2/b2-1+. The number of hydrogen-bond acceptors (Lipinski definition) is 4. The van der Waals surface area contributed by atoms with E-state index in [1.165, 1.54) is 0 Å². The molecule has 5 atom stereocenters. The van der Waals surface area contributed by atoms with Crippen molar-refractivity contribution in [3.05, 3.63) is 12.2 Å². The van der Waals surface area contributed by atoms with E-state index in [2.05, 4.69) is 0 Å². The van der Waals surface area contributed by atoms with Gasteiger partial charge in [-0.05, 0) is 5.92 Å². The van der Waals surface area contributed by atoms with E-state index >= 15 is 0 Å².